The van der Waals surface area contributed by atoms with Crippen LogP contribution in [-0.2, 0) is 14.2 Å². The number of carbonyl (C=O) groups excluding carboxylic acids is 2. The van der Waals surface area contributed by atoms with Gasteiger partial charge in [0.25, 0.3) is 5.69 Å². The molecule has 2 amide bonds. The molecule has 2 aromatic carbocycles. The van der Waals surface area contributed by atoms with Crippen molar-refractivity contribution in [3.05, 3.63) is 75.3 Å². The molecular formula is C24H23BN2O7. The average Bonchev–Trinajstić information content (AvgIpc) is 3.08. The molecule has 0 saturated carbocycles. The first-order valence-corrected chi connectivity index (χ1v) is 11.3. The molecule has 2 aliphatic heterocycles. The molecule has 0 bridgehead atoms. The van der Waals surface area contributed by atoms with Crippen LogP contribution in [0.15, 0.2) is 59.6 Å². The molecule has 2 fully saturated rings. The van der Waals surface area contributed by atoms with Gasteiger partial charge in [0.1, 0.15) is 5.75 Å². The number of fused-ring (bicyclic) bond motifs is 3. The van der Waals surface area contributed by atoms with Crippen molar-refractivity contribution in [1.29, 1.82) is 0 Å². The Kier molecular flexibility index (Phi) is 5.49. The lowest BCUT2D eigenvalue weighted by Crippen LogP contribution is -2.44. The Morgan fingerprint density at radius 3 is 2.62 bits per heavy atom. The van der Waals surface area contributed by atoms with Crippen LogP contribution < -0.4 is 4.90 Å². The maximum absolute atomic E-state index is 13.6. The second kappa shape index (κ2) is 8.37. The quantitative estimate of drug-likeness (QED) is 0.309. The highest BCUT2D eigenvalue weighted by molar-refractivity contribution is 6.53. The maximum atomic E-state index is 13.6. The summed E-state index contributed by atoms with van der Waals surface area (Å²) in [6, 6.07) is 12.1. The lowest BCUT2D eigenvalue weighted by Gasteiger charge is -2.42. The molecular weight excluding hydrogens is 439 g/mol. The molecule has 4 atom stereocenters. The average molecular weight is 462 g/mol. The molecule has 0 aromatic heterocycles. The number of carbonyl (C=O) groups is 2. The smallest absolute Gasteiger partial charge is 0.487 e. The zero-order valence-electron chi connectivity index (χ0n) is 18.5. The number of allylic oxidation sites excluding steroid dienone is 2. The Labute approximate surface area is 195 Å². The number of nitro benzene ring substituents is 1. The van der Waals surface area contributed by atoms with Crippen molar-refractivity contribution >= 4 is 30.3 Å². The molecule has 1 aliphatic carbocycles. The van der Waals surface area contributed by atoms with Crippen LogP contribution in [0.3, 0.4) is 0 Å². The van der Waals surface area contributed by atoms with Crippen molar-refractivity contribution in [2.75, 3.05) is 4.90 Å². The highest BCUT2D eigenvalue weighted by atomic mass is 16.6. The van der Waals surface area contributed by atoms with E-state index in [1.807, 2.05) is 6.92 Å². The molecule has 0 radical (unpaired) electrons. The van der Waals surface area contributed by atoms with Crippen LogP contribution in [0.5, 0.6) is 5.75 Å². The summed E-state index contributed by atoms with van der Waals surface area (Å²) in [4.78, 5) is 38.8. The second-order valence-electron chi connectivity index (χ2n) is 8.95. The number of hydrogen-bond donors (Lipinski definition) is 2. The first-order chi connectivity index (χ1) is 16.3. The summed E-state index contributed by atoms with van der Waals surface area (Å²) in [7, 11) is -1.23. The van der Waals surface area contributed by atoms with E-state index in [0.29, 0.717) is 30.3 Å². The maximum Gasteiger partial charge on any atom is 0.487 e. The third-order valence-electron chi connectivity index (χ3n) is 7.18. The van der Waals surface area contributed by atoms with E-state index in [1.54, 1.807) is 18.2 Å². The predicted molar refractivity (Wildman–Crippen MR) is 123 cm³/mol. The van der Waals surface area contributed by atoms with Gasteiger partial charge in [-0.15, -0.1) is 0 Å². The first-order valence-electron chi connectivity index (χ1n) is 11.3. The Hall–Kier alpha value is -3.50. The molecule has 0 spiro atoms. The Morgan fingerprint density at radius 2 is 1.91 bits per heavy atom. The van der Waals surface area contributed by atoms with Crippen LogP contribution in [0.2, 0.25) is 0 Å². The minimum atomic E-state index is -1.23. The summed E-state index contributed by atoms with van der Waals surface area (Å²) in [6.45, 7) is 1.94. The Morgan fingerprint density at radius 1 is 1.15 bits per heavy atom. The van der Waals surface area contributed by atoms with Gasteiger partial charge in [0.05, 0.1) is 28.6 Å². The number of imide groups is 1. The molecule has 5 rings (SSSR count). The number of nitrogens with zero attached hydrogens (tertiary/aromatic N) is 2. The first kappa shape index (κ1) is 22.3. The van der Waals surface area contributed by atoms with Crippen molar-refractivity contribution in [1.82, 2.24) is 0 Å². The molecule has 9 nitrogen and oxygen atoms in total. The number of rotatable bonds is 4. The zero-order chi connectivity index (χ0) is 24.1. The summed E-state index contributed by atoms with van der Waals surface area (Å²) in [5.41, 5.74) is 2.20. The molecule has 2 saturated heterocycles. The monoisotopic (exact) mass is 462 g/mol. The summed E-state index contributed by atoms with van der Waals surface area (Å²) in [5, 5.41) is 32.1. The number of non-ortho nitro benzene ring substituents is 1. The molecule has 2 aromatic rings. The van der Waals surface area contributed by atoms with Crippen molar-refractivity contribution in [3.63, 3.8) is 0 Å². The number of hydrogen-bond acceptors (Lipinski definition) is 7. The van der Waals surface area contributed by atoms with Crippen molar-refractivity contribution in [3.8, 4) is 5.75 Å². The van der Waals surface area contributed by atoms with Gasteiger partial charge in [0.2, 0.25) is 11.8 Å². The van der Waals surface area contributed by atoms with E-state index in [4.69, 9.17) is 4.65 Å². The molecule has 174 valence electrons. The SMILES string of the molecule is CCC1=C2B(O)O[C@H](c3cccc(O)c3)C[C@H]2[C@H]2C(=O)N(c3cccc([N+](=O)[O-])c3)C(=O)[C@H]2C1. The largest absolute Gasteiger partial charge is 0.508 e. The van der Waals surface area contributed by atoms with Crippen molar-refractivity contribution < 1.29 is 29.3 Å². The summed E-state index contributed by atoms with van der Waals surface area (Å²) in [6.07, 6.45) is 0.732. The van der Waals surface area contributed by atoms with E-state index >= 15 is 0 Å². The van der Waals surface area contributed by atoms with E-state index in [-0.39, 0.29) is 23.0 Å². The van der Waals surface area contributed by atoms with Crippen LogP contribution in [0.1, 0.15) is 37.9 Å². The van der Waals surface area contributed by atoms with Gasteiger partial charge >= 0.3 is 7.12 Å². The summed E-state index contributed by atoms with van der Waals surface area (Å²) < 4.78 is 5.89. The third-order valence-corrected chi connectivity index (χ3v) is 7.18. The normalized spacial score (nSPS) is 26.5. The van der Waals surface area contributed by atoms with Gasteiger partial charge < -0.3 is 14.8 Å². The standard InChI is InChI=1S/C24H23BN2O7/c1-2-13-10-19-21(24(30)26(23(19)29)15-6-4-7-16(11-15)27(32)33)18-12-20(34-25(31)22(13)18)14-5-3-8-17(28)9-14/h3-9,11,18-21,28,31H,2,10,12H2,1H3/t18-,19-,20-,21+/m0/s1. The van der Waals surface area contributed by atoms with Gasteiger partial charge in [-0.2, -0.15) is 0 Å². The summed E-state index contributed by atoms with van der Waals surface area (Å²) >= 11 is 0. The van der Waals surface area contributed by atoms with E-state index in [0.717, 1.165) is 10.5 Å². The fourth-order valence-corrected chi connectivity index (χ4v) is 5.69. The highest BCUT2D eigenvalue weighted by Crippen LogP contribution is 2.52. The predicted octanol–water partition coefficient (Wildman–Crippen LogP) is 3.31. The lowest BCUT2D eigenvalue weighted by atomic mass is 9.55. The van der Waals surface area contributed by atoms with E-state index in [1.165, 1.54) is 30.3 Å². The van der Waals surface area contributed by atoms with Gasteiger partial charge in [-0.3, -0.25) is 19.7 Å². The number of phenols is 1. The second-order valence-corrected chi connectivity index (χ2v) is 8.95. The van der Waals surface area contributed by atoms with Crippen LogP contribution in [0, 0.1) is 27.9 Å². The Bertz CT molecular complexity index is 1230. The fraction of sp³-hybridized carbons (Fsp3) is 0.333. The number of nitro groups is 1. The molecule has 2 N–H and O–H groups in total. The Balaban J connectivity index is 1.54. The van der Waals surface area contributed by atoms with Gasteiger partial charge in [-0.1, -0.05) is 30.7 Å². The zero-order valence-corrected chi connectivity index (χ0v) is 18.5. The number of phenolic OH excluding ortho intramolecular Hbond substituents is 1. The van der Waals surface area contributed by atoms with E-state index in [9.17, 15) is 29.8 Å². The highest BCUT2D eigenvalue weighted by Gasteiger charge is 2.58. The lowest BCUT2D eigenvalue weighted by molar-refractivity contribution is -0.384. The van der Waals surface area contributed by atoms with Gasteiger partial charge in [-0.25, -0.2) is 4.90 Å². The van der Waals surface area contributed by atoms with Crippen molar-refractivity contribution in [2.24, 2.45) is 17.8 Å². The van der Waals surface area contributed by atoms with Crippen LogP contribution in [0.25, 0.3) is 0 Å². The third kappa shape index (κ3) is 3.50. The molecule has 34 heavy (non-hydrogen) atoms. The molecule has 0 unspecified atom stereocenters. The molecule has 3 aliphatic rings. The van der Waals surface area contributed by atoms with Gasteiger partial charge in [-0.05, 0) is 54.4 Å². The van der Waals surface area contributed by atoms with Crippen LogP contribution in [-0.4, -0.2) is 34.0 Å². The van der Waals surface area contributed by atoms with E-state index < -0.39 is 41.8 Å². The van der Waals surface area contributed by atoms with Crippen molar-refractivity contribution in [2.45, 2.75) is 32.3 Å². The fourth-order valence-electron chi connectivity index (χ4n) is 5.69. The number of amides is 2. The summed E-state index contributed by atoms with van der Waals surface area (Å²) in [5.74, 6) is -2.46. The van der Waals surface area contributed by atoms with Crippen LogP contribution in [0.4, 0.5) is 11.4 Å². The minimum absolute atomic E-state index is 0.0664. The van der Waals surface area contributed by atoms with Crippen LogP contribution >= 0.6 is 0 Å². The molecule has 10 heteroatoms. The number of anilines is 1. The number of aromatic hydroxyl groups is 1. The molecule has 2 heterocycles. The topological polar surface area (TPSA) is 130 Å². The number of benzene rings is 2. The van der Waals surface area contributed by atoms with Gasteiger partial charge in [0, 0.05) is 12.1 Å². The van der Waals surface area contributed by atoms with E-state index in [2.05, 4.69) is 0 Å². The van der Waals surface area contributed by atoms with Gasteiger partial charge in [0.15, 0.2) is 0 Å². The minimum Gasteiger partial charge on any atom is -0.508 e.